The summed E-state index contributed by atoms with van der Waals surface area (Å²) in [5.41, 5.74) is -0.398. The molecule has 1 amide bonds. The Labute approximate surface area is 122 Å². The molecule has 1 rings (SSSR count). The van der Waals surface area contributed by atoms with Crippen molar-refractivity contribution in [1.29, 1.82) is 0 Å². The first-order chi connectivity index (χ1) is 8.92. The number of unbranched alkanes of at least 4 members (excludes halogenated alkanes) is 2. The molecule has 0 aliphatic carbocycles. The molecule has 0 aromatic carbocycles. The second kappa shape index (κ2) is 7.98. The van der Waals surface area contributed by atoms with E-state index in [1.165, 1.54) is 25.7 Å². The summed E-state index contributed by atoms with van der Waals surface area (Å²) in [6.45, 7) is 7.44. The van der Waals surface area contributed by atoms with E-state index in [4.69, 9.17) is 16.3 Å². The van der Waals surface area contributed by atoms with Crippen LogP contribution in [0, 0.1) is 5.92 Å². The van der Waals surface area contributed by atoms with Crippen LogP contribution in [0.2, 0.25) is 0 Å². The van der Waals surface area contributed by atoms with Gasteiger partial charge in [-0.1, -0.05) is 12.8 Å². The molecule has 1 unspecified atom stereocenters. The van der Waals surface area contributed by atoms with Crippen molar-refractivity contribution in [2.24, 2.45) is 5.92 Å². The lowest BCUT2D eigenvalue weighted by Gasteiger charge is -2.34. The predicted molar refractivity (Wildman–Crippen MR) is 79.7 cm³/mol. The summed E-state index contributed by atoms with van der Waals surface area (Å²) in [5.74, 6) is 1.39. The van der Waals surface area contributed by atoms with Gasteiger partial charge in [0.25, 0.3) is 0 Å². The van der Waals surface area contributed by atoms with Gasteiger partial charge in [-0.3, -0.25) is 0 Å². The zero-order chi connectivity index (χ0) is 14.3. The number of piperidine rings is 1. The van der Waals surface area contributed by atoms with E-state index in [1.54, 1.807) is 0 Å². The number of carbonyl (C=O) groups excluding carboxylic acids is 1. The number of likely N-dealkylation sites (tertiary alicyclic amines) is 1. The van der Waals surface area contributed by atoms with Crippen molar-refractivity contribution in [3.05, 3.63) is 0 Å². The molecule has 3 nitrogen and oxygen atoms in total. The summed E-state index contributed by atoms with van der Waals surface area (Å²) in [4.78, 5) is 13.9. The Kier molecular flexibility index (Phi) is 6.98. The molecule has 1 saturated heterocycles. The number of halogens is 1. The van der Waals surface area contributed by atoms with E-state index in [2.05, 4.69) is 0 Å². The number of hydrogen-bond acceptors (Lipinski definition) is 2. The maximum absolute atomic E-state index is 12.0. The Balaban J connectivity index is 2.31. The van der Waals surface area contributed by atoms with E-state index in [-0.39, 0.29) is 6.09 Å². The molecule has 19 heavy (non-hydrogen) atoms. The van der Waals surface area contributed by atoms with Crippen molar-refractivity contribution in [2.75, 3.05) is 19.0 Å². The van der Waals surface area contributed by atoms with Gasteiger partial charge >= 0.3 is 6.09 Å². The van der Waals surface area contributed by atoms with Gasteiger partial charge < -0.3 is 9.64 Å². The van der Waals surface area contributed by atoms with Gasteiger partial charge in [0.05, 0.1) is 0 Å². The maximum Gasteiger partial charge on any atom is 0.410 e. The van der Waals surface area contributed by atoms with E-state index in [1.807, 2.05) is 25.7 Å². The van der Waals surface area contributed by atoms with Crippen LogP contribution in [0.5, 0.6) is 0 Å². The first-order valence-corrected chi connectivity index (χ1v) is 7.99. The average molecular weight is 290 g/mol. The van der Waals surface area contributed by atoms with Gasteiger partial charge in [-0.2, -0.15) is 0 Å². The minimum atomic E-state index is -0.398. The molecule has 1 aliphatic heterocycles. The summed E-state index contributed by atoms with van der Waals surface area (Å²) < 4.78 is 5.44. The number of ether oxygens (including phenoxy) is 1. The molecule has 0 bridgehead atoms. The Bertz CT molecular complexity index is 276. The minimum absolute atomic E-state index is 0.155. The summed E-state index contributed by atoms with van der Waals surface area (Å²) in [5, 5.41) is 0. The highest BCUT2D eigenvalue weighted by Gasteiger charge is 2.27. The van der Waals surface area contributed by atoms with Crippen LogP contribution < -0.4 is 0 Å². The number of rotatable bonds is 5. The van der Waals surface area contributed by atoms with Crippen molar-refractivity contribution in [1.82, 2.24) is 4.90 Å². The molecule has 4 heteroatoms. The average Bonchev–Trinajstić information content (AvgIpc) is 2.33. The third-order valence-electron chi connectivity index (χ3n) is 3.42. The molecule has 1 atom stereocenters. The van der Waals surface area contributed by atoms with Gasteiger partial charge in [-0.05, 0) is 52.4 Å². The number of alkyl halides is 1. The molecular weight excluding hydrogens is 262 g/mol. The fraction of sp³-hybridized carbons (Fsp3) is 0.933. The van der Waals surface area contributed by atoms with Crippen molar-refractivity contribution in [3.8, 4) is 0 Å². The van der Waals surface area contributed by atoms with Crippen LogP contribution >= 0.6 is 11.6 Å². The van der Waals surface area contributed by atoms with Crippen molar-refractivity contribution in [2.45, 2.75) is 64.9 Å². The van der Waals surface area contributed by atoms with Crippen LogP contribution in [-0.2, 0) is 4.74 Å². The zero-order valence-corrected chi connectivity index (χ0v) is 13.3. The Morgan fingerprint density at radius 1 is 1.32 bits per heavy atom. The Hall–Kier alpha value is -0.440. The molecule has 1 heterocycles. The van der Waals surface area contributed by atoms with E-state index in [0.717, 1.165) is 31.8 Å². The van der Waals surface area contributed by atoms with E-state index >= 15 is 0 Å². The van der Waals surface area contributed by atoms with Gasteiger partial charge in [0, 0.05) is 19.0 Å². The standard InChI is InChI=1S/C15H28ClNO2/c1-15(2,3)19-14(18)17-11-7-9-13(12-17)8-5-4-6-10-16/h13H,4-12H2,1-3H3. The van der Waals surface area contributed by atoms with Gasteiger partial charge in [-0.15, -0.1) is 11.6 Å². The third kappa shape index (κ3) is 7.05. The van der Waals surface area contributed by atoms with Crippen molar-refractivity contribution in [3.63, 3.8) is 0 Å². The summed E-state index contributed by atoms with van der Waals surface area (Å²) >= 11 is 5.68. The highest BCUT2D eigenvalue weighted by Crippen LogP contribution is 2.23. The second-order valence-corrected chi connectivity index (χ2v) is 6.85. The normalized spacial score (nSPS) is 20.4. The lowest BCUT2D eigenvalue weighted by Crippen LogP contribution is -2.42. The summed E-state index contributed by atoms with van der Waals surface area (Å²) in [6, 6.07) is 0. The molecule has 0 aromatic heterocycles. The van der Waals surface area contributed by atoms with Crippen molar-refractivity contribution >= 4 is 17.7 Å². The van der Waals surface area contributed by atoms with Crippen LogP contribution in [0.4, 0.5) is 4.79 Å². The molecule has 0 saturated carbocycles. The number of nitrogens with zero attached hydrogens (tertiary/aromatic N) is 1. The van der Waals surface area contributed by atoms with Crippen LogP contribution in [0.15, 0.2) is 0 Å². The highest BCUT2D eigenvalue weighted by atomic mass is 35.5. The van der Waals surface area contributed by atoms with Crippen LogP contribution in [-0.4, -0.2) is 35.6 Å². The van der Waals surface area contributed by atoms with E-state index < -0.39 is 5.60 Å². The third-order valence-corrected chi connectivity index (χ3v) is 3.68. The maximum atomic E-state index is 12.0. The number of amides is 1. The van der Waals surface area contributed by atoms with Gasteiger partial charge in [0.15, 0.2) is 0 Å². The first-order valence-electron chi connectivity index (χ1n) is 7.46. The lowest BCUT2D eigenvalue weighted by atomic mass is 9.93. The van der Waals surface area contributed by atoms with Crippen molar-refractivity contribution < 1.29 is 9.53 Å². The minimum Gasteiger partial charge on any atom is -0.444 e. The first kappa shape index (κ1) is 16.6. The molecule has 1 aliphatic rings. The lowest BCUT2D eigenvalue weighted by molar-refractivity contribution is 0.0160. The van der Waals surface area contributed by atoms with Crippen LogP contribution in [0.1, 0.15) is 59.3 Å². The number of hydrogen-bond donors (Lipinski definition) is 0. The quantitative estimate of drug-likeness (QED) is 0.553. The van der Waals surface area contributed by atoms with E-state index in [0.29, 0.717) is 5.92 Å². The molecule has 0 N–H and O–H groups in total. The zero-order valence-electron chi connectivity index (χ0n) is 12.6. The highest BCUT2D eigenvalue weighted by molar-refractivity contribution is 6.17. The SMILES string of the molecule is CC(C)(C)OC(=O)N1CCCC(CCCCCCl)C1. The fourth-order valence-electron chi connectivity index (χ4n) is 2.50. The van der Waals surface area contributed by atoms with Crippen LogP contribution in [0.25, 0.3) is 0 Å². The molecular formula is C15H28ClNO2. The topological polar surface area (TPSA) is 29.5 Å². The monoisotopic (exact) mass is 289 g/mol. The fourth-order valence-corrected chi connectivity index (χ4v) is 2.69. The van der Waals surface area contributed by atoms with E-state index in [9.17, 15) is 4.79 Å². The molecule has 1 fully saturated rings. The smallest absolute Gasteiger partial charge is 0.410 e. The predicted octanol–water partition coefficient (Wildman–Crippen LogP) is 4.43. The van der Waals surface area contributed by atoms with Gasteiger partial charge in [-0.25, -0.2) is 4.79 Å². The largest absolute Gasteiger partial charge is 0.444 e. The Morgan fingerprint density at radius 2 is 2.05 bits per heavy atom. The number of carbonyl (C=O) groups is 1. The summed E-state index contributed by atoms with van der Waals surface area (Å²) in [7, 11) is 0. The van der Waals surface area contributed by atoms with Gasteiger partial charge in [0.1, 0.15) is 5.60 Å². The van der Waals surface area contributed by atoms with Gasteiger partial charge in [0.2, 0.25) is 0 Å². The van der Waals surface area contributed by atoms with Crippen LogP contribution in [0.3, 0.4) is 0 Å². The molecule has 0 radical (unpaired) electrons. The Morgan fingerprint density at radius 3 is 2.68 bits per heavy atom. The molecule has 0 aromatic rings. The molecule has 112 valence electrons. The second-order valence-electron chi connectivity index (χ2n) is 6.47. The molecule has 0 spiro atoms. The summed E-state index contributed by atoms with van der Waals surface area (Å²) in [6.07, 6.45) is 6.91.